The molecule has 0 atom stereocenters. The summed E-state index contributed by atoms with van der Waals surface area (Å²) in [4.78, 5) is 9.37. The SMILES string of the molecule is CC(C)c1cnc(Nc2ccccc2)c([NH2+]c2ccccc2)n1. The highest BCUT2D eigenvalue weighted by Gasteiger charge is 2.14. The minimum atomic E-state index is 0.344. The zero-order valence-corrected chi connectivity index (χ0v) is 13.4. The summed E-state index contributed by atoms with van der Waals surface area (Å²) < 4.78 is 0. The molecule has 0 aliphatic carbocycles. The molecule has 2 aromatic carbocycles. The number of hydrogen-bond donors (Lipinski definition) is 2. The van der Waals surface area contributed by atoms with Crippen LogP contribution in [-0.2, 0) is 0 Å². The normalized spacial score (nSPS) is 10.7. The summed E-state index contributed by atoms with van der Waals surface area (Å²) in [5.74, 6) is 1.96. The molecule has 1 aromatic heterocycles. The second-order valence-electron chi connectivity index (χ2n) is 5.73. The molecule has 3 N–H and O–H groups in total. The second-order valence-corrected chi connectivity index (χ2v) is 5.73. The molecule has 0 amide bonds. The summed E-state index contributed by atoms with van der Waals surface area (Å²) in [6, 6.07) is 20.2. The highest BCUT2D eigenvalue weighted by Crippen LogP contribution is 2.21. The van der Waals surface area contributed by atoms with E-state index >= 15 is 0 Å². The van der Waals surface area contributed by atoms with Gasteiger partial charge in [-0.25, -0.2) is 4.98 Å². The monoisotopic (exact) mass is 305 g/mol. The van der Waals surface area contributed by atoms with Gasteiger partial charge in [0, 0.05) is 5.69 Å². The minimum absolute atomic E-state index is 0.344. The Bertz CT molecular complexity index is 755. The smallest absolute Gasteiger partial charge is 0.273 e. The molecule has 0 bridgehead atoms. The van der Waals surface area contributed by atoms with Crippen molar-refractivity contribution in [3.8, 4) is 0 Å². The quantitative estimate of drug-likeness (QED) is 0.704. The third-order valence-corrected chi connectivity index (χ3v) is 3.55. The molecule has 0 fully saturated rings. The van der Waals surface area contributed by atoms with Gasteiger partial charge >= 0.3 is 0 Å². The van der Waals surface area contributed by atoms with Gasteiger partial charge in [0.25, 0.3) is 5.82 Å². The predicted molar refractivity (Wildman–Crippen MR) is 93.5 cm³/mol. The molecule has 3 rings (SSSR count). The highest BCUT2D eigenvalue weighted by molar-refractivity contribution is 5.63. The lowest BCUT2D eigenvalue weighted by atomic mass is 10.1. The summed E-state index contributed by atoms with van der Waals surface area (Å²) in [5, 5.41) is 5.41. The van der Waals surface area contributed by atoms with E-state index in [0.717, 1.165) is 28.7 Å². The van der Waals surface area contributed by atoms with Crippen molar-refractivity contribution in [1.29, 1.82) is 0 Å². The van der Waals surface area contributed by atoms with Gasteiger partial charge in [0.05, 0.1) is 11.9 Å². The first kappa shape index (κ1) is 15.2. The van der Waals surface area contributed by atoms with Crippen molar-refractivity contribution in [3.63, 3.8) is 0 Å². The van der Waals surface area contributed by atoms with Crippen LogP contribution < -0.4 is 10.6 Å². The van der Waals surface area contributed by atoms with Gasteiger partial charge in [-0.2, -0.15) is 4.98 Å². The molecular weight excluding hydrogens is 284 g/mol. The van der Waals surface area contributed by atoms with E-state index < -0.39 is 0 Å². The topological polar surface area (TPSA) is 54.4 Å². The maximum atomic E-state index is 4.78. The molecule has 0 aliphatic rings. The lowest BCUT2D eigenvalue weighted by Crippen LogP contribution is -2.72. The van der Waals surface area contributed by atoms with Crippen molar-refractivity contribution in [1.82, 2.24) is 9.97 Å². The number of hydrogen-bond acceptors (Lipinski definition) is 3. The lowest BCUT2D eigenvalue weighted by Gasteiger charge is -2.11. The maximum absolute atomic E-state index is 4.78. The van der Waals surface area contributed by atoms with Gasteiger partial charge in [-0.05, 0) is 30.2 Å². The largest absolute Gasteiger partial charge is 0.334 e. The summed E-state index contributed by atoms with van der Waals surface area (Å²) in [5.41, 5.74) is 3.10. The molecule has 0 saturated carbocycles. The first-order valence-electron chi connectivity index (χ1n) is 7.81. The van der Waals surface area contributed by atoms with Crippen LogP contribution in [0.15, 0.2) is 66.9 Å². The Labute approximate surface area is 136 Å². The molecule has 116 valence electrons. The van der Waals surface area contributed by atoms with E-state index in [0.29, 0.717) is 5.92 Å². The summed E-state index contributed by atoms with van der Waals surface area (Å²) >= 11 is 0. The van der Waals surface area contributed by atoms with Gasteiger partial charge in [0.2, 0.25) is 5.82 Å². The molecule has 0 spiro atoms. The maximum Gasteiger partial charge on any atom is 0.273 e. The van der Waals surface area contributed by atoms with Crippen molar-refractivity contribution in [3.05, 3.63) is 72.6 Å². The molecule has 23 heavy (non-hydrogen) atoms. The van der Waals surface area contributed by atoms with Crippen molar-refractivity contribution in [2.75, 3.05) is 5.32 Å². The van der Waals surface area contributed by atoms with E-state index in [1.165, 1.54) is 0 Å². The number of aromatic nitrogens is 2. The number of rotatable bonds is 5. The molecule has 4 heteroatoms. The number of nitrogens with two attached hydrogens (primary N) is 1. The Hall–Kier alpha value is -2.72. The number of benzene rings is 2. The third-order valence-electron chi connectivity index (χ3n) is 3.55. The average molecular weight is 305 g/mol. The van der Waals surface area contributed by atoms with Crippen LogP contribution in [0.25, 0.3) is 0 Å². The van der Waals surface area contributed by atoms with Gasteiger partial charge in [-0.1, -0.05) is 50.2 Å². The van der Waals surface area contributed by atoms with Crippen LogP contribution in [-0.4, -0.2) is 9.97 Å². The van der Waals surface area contributed by atoms with Crippen molar-refractivity contribution >= 4 is 23.0 Å². The van der Waals surface area contributed by atoms with Crippen LogP contribution in [0.4, 0.5) is 23.0 Å². The third kappa shape index (κ3) is 3.93. The fourth-order valence-corrected chi connectivity index (χ4v) is 2.26. The number of nitrogens with one attached hydrogen (secondary N) is 1. The Balaban J connectivity index is 1.94. The molecule has 0 saturated heterocycles. The molecule has 1 heterocycles. The van der Waals surface area contributed by atoms with Gasteiger partial charge in [-0.15, -0.1) is 0 Å². The number of anilines is 2. The van der Waals surface area contributed by atoms with E-state index in [4.69, 9.17) is 4.98 Å². The summed E-state index contributed by atoms with van der Waals surface area (Å²) in [6.45, 7) is 4.25. The first-order chi connectivity index (χ1) is 11.2. The van der Waals surface area contributed by atoms with E-state index in [9.17, 15) is 0 Å². The standard InChI is InChI=1S/C19H20N4/c1-14(2)17-13-20-18(21-15-9-5-3-6-10-15)19(23-17)22-16-11-7-4-8-12-16/h3-14H,1-2H3,(H,20,21)(H,22,23)/p+1. The van der Waals surface area contributed by atoms with Crippen LogP contribution in [0.3, 0.4) is 0 Å². The van der Waals surface area contributed by atoms with Gasteiger partial charge in [0.15, 0.2) is 0 Å². The van der Waals surface area contributed by atoms with E-state index in [-0.39, 0.29) is 0 Å². The van der Waals surface area contributed by atoms with E-state index in [2.05, 4.69) is 41.6 Å². The minimum Gasteiger partial charge on any atom is -0.334 e. The van der Waals surface area contributed by atoms with Crippen LogP contribution in [0.2, 0.25) is 0 Å². The van der Waals surface area contributed by atoms with E-state index in [1.807, 2.05) is 54.7 Å². The molecule has 4 nitrogen and oxygen atoms in total. The van der Waals surface area contributed by atoms with Gasteiger partial charge in [-0.3, -0.25) is 5.32 Å². The first-order valence-corrected chi connectivity index (χ1v) is 7.81. The van der Waals surface area contributed by atoms with Gasteiger partial charge < -0.3 is 5.32 Å². The second kappa shape index (κ2) is 7.03. The highest BCUT2D eigenvalue weighted by atomic mass is 15.1. The van der Waals surface area contributed by atoms with Crippen LogP contribution in [0.5, 0.6) is 0 Å². The fraction of sp³-hybridized carbons (Fsp3) is 0.158. The van der Waals surface area contributed by atoms with Crippen LogP contribution in [0, 0.1) is 0 Å². The zero-order valence-electron chi connectivity index (χ0n) is 13.4. The van der Waals surface area contributed by atoms with E-state index in [1.54, 1.807) is 0 Å². The Kier molecular flexibility index (Phi) is 4.64. The lowest BCUT2D eigenvalue weighted by molar-refractivity contribution is -0.482. The van der Waals surface area contributed by atoms with Crippen molar-refractivity contribution < 1.29 is 5.32 Å². The number of quaternary nitrogens is 1. The van der Waals surface area contributed by atoms with Crippen LogP contribution in [0.1, 0.15) is 25.5 Å². The predicted octanol–water partition coefficient (Wildman–Crippen LogP) is 3.87. The average Bonchev–Trinajstić information content (AvgIpc) is 2.58. The molecule has 0 unspecified atom stereocenters. The molecule has 0 radical (unpaired) electrons. The summed E-state index contributed by atoms with van der Waals surface area (Å²) in [6.07, 6.45) is 1.85. The van der Waals surface area contributed by atoms with Crippen molar-refractivity contribution in [2.24, 2.45) is 0 Å². The van der Waals surface area contributed by atoms with Crippen LogP contribution >= 0.6 is 0 Å². The van der Waals surface area contributed by atoms with Gasteiger partial charge in [0.1, 0.15) is 5.69 Å². The number of para-hydroxylation sites is 2. The zero-order chi connectivity index (χ0) is 16.1. The molecular formula is C19H21N4+. The fourth-order valence-electron chi connectivity index (χ4n) is 2.26. The molecule has 3 aromatic rings. The Morgan fingerprint density at radius 2 is 1.57 bits per heavy atom. The Morgan fingerprint density at radius 3 is 2.22 bits per heavy atom. The summed E-state index contributed by atoms with van der Waals surface area (Å²) in [7, 11) is 0. The van der Waals surface area contributed by atoms with Crippen molar-refractivity contribution in [2.45, 2.75) is 19.8 Å². The number of nitrogens with zero attached hydrogens (tertiary/aromatic N) is 2. The Morgan fingerprint density at radius 1 is 0.913 bits per heavy atom. The molecule has 0 aliphatic heterocycles.